The fourth-order valence-electron chi connectivity index (χ4n) is 2.49. The Kier molecular flexibility index (Phi) is 5.88. The zero-order chi connectivity index (χ0) is 20.1. The lowest BCUT2D eigenvalue weighted by molar-refractivity contribution is 0.0847. The molecule has 1 aromatic heterocycles. The third kappa shape index (κ3) is 4.28. The average Bonchev–Trinajstić information content (AvgIpc) is 3.26. The van der Waals surface area contributed by atoms with E-state index in [9.17, 15) is 18.0 Å². The van der Waals surface area contributed by atoms with Gasteiger partial charge in [-0.2, -0.15) is 0 Å². The number of sulfonamides is 1. The second-order valence-corrected chi connectivity index (χ2v) is 8.50. The Labute approximate surface area is 166 Å². The largest absolute Gasteiger partial charge is 0.270 e. The van der Waals surface area contributed by atoms with E-state index in [2.05, 4.69) is 15.6 Å². The fourth-order valence-corrected chi connectivity index (χ4v) is 4.01. The van der Waals surface area contributed by atoms with Crippen LogP contribution in [-0.4, -0.2) is 27.3 Å². The zero-order valence-corrected chi connectivity index (χ0v) is 16.4. The summed E-state index contributed by atoms with van der Waals surface area (Å²) in [5.74, 6) is -1.11. The van der Waals surface area contributed by atoms with Crippen molar-refractivity contribution in [3.8, 4) is 10.4 Å². The molecule has 0 fully saturated rings. The van der Waals surface area contributed by atoms with Gasteiger partial charge in [-0.05, 0) is 42.8 Å². The van der Waals surface area contributed by atoms with E-state index in [-0.39, 0.29) is 10.5 Å². The van der Waals surface area contributed by atoms with Gasteiger partial charge in [0, 0.05) is 16.0 Å². The van der Waals surface area contributed by atoms with Gasteiger partial charge in [0.25, 0.3) is 11.8 Å². The number of carbonyl (C=O) groups excluding carboxylic acids is 2. The molecule has 144 valence electrons. The number of benzene rings is 2. The second kappa shape index (κ2) is 8.34. The second-order valence-electron chi connectivity index (χ2n) is 5.67. The Morgan fingerprint density at radius 1 is 0.893 bits per heavy atom. The Bertz CT molecular complexity index is 1100. The molecule has 0 atom stereocenters. The smallest absolute Gasteiger partial charge is 0.267 e. The first-order valence-corrected chi connectivity index (χ1v) is 10.6. The number of carbonyl (C=O) groups is 2. The average molecular weight is 415 g/mol. The molecule has 2 amide bonds. The minimum Gasteiger partial charge on any atom is -0.267 e. The lowest BCUT2D eigenvalue weighted by atomic mass is 10.1. The van der Waals surface area contributed by atoms with E-state index in [1.165, 1.54) is 30.5 Å². The van der Waals surface area contributed by atoms with E-state index in [4.69, 9.17) is 0 Å². The first-order valence-electron chi connectivity index (χ1n) is 8.19. The van der Waals surface area contributed by atoms with Crippen LogP contribution in [-0.2, 0) is 10.0 Å². The molecule has 7 nitrogen and oxygen atoms in total. The van der Waals surface area contributed by atoms with Crippen LogP contribution in [0.2, 0.25) is 0 Å². The highest BCUT2D eigenvalue weighted by molar-refractivity contribution is 7.89. The van der Waals surface area contributed by atoms with Crippen LogP contribution in [0.25, 0.3) is 10.4 Å². The van der Waals surface area contributed by atoms with Gasteiger partial charge < -0.3 is 0 Å². The number of rotatable bonds is 5. The van der Waals surface area contributed by atoms with Crippen LogP contribution in [0.3, 0.4) is 0 Å². The lowest BCUT2D eigenvalue weighted by Crippen LogP contribution is -2.41. The van der Waals surface area contributed by atoms with Crippen LogP contribution < -0.4 is 15.6 Å². The molecule has 28 heavy (non-hydrogen) atoms. The molecule has 0 unspecified atom stereocenters. The molecule has 3 N–H and O–H groups in total. The van der Waals surface area contributed by atoms with Crippen LogP contribution in [0.15, 0.2) is 70.9 Å². The van der Waals surface area contributed by atoms with Crippen LogP contribution in [0.1, 0.15) is 20.7 Å². The maximum atomic E-state index is 12.7. The number of hydrogen-bond donors (Lipinski definition) is 3. The van der Waals surface area contributed by atoms with Crippen LogP contribution >= 0.6 is 11.3 Å². The van der Waals surface area contributed by atoms with Gasteiger partial charge in [0.15, 0.2) is 0 Å². The molecule has 0 saturated heterocycles. The first-order chi connectivity index (χ1) is 13.4. The zero-order valence-electron chi connectivity index (χ0n) is 14.8. The molecular weight excluding hydrogens is 398 g/mol. The Morgan fingerprint density at radius 3 is 2.25 bits per heavy atom. The van der Waals surface area contributed by atoms with Gasteiger partial charge in [-0.3, -0.25) is 20.4 Å². The maximum absolute atomic E-state index is 12.7. The van der Waals surface area contributed by atoms with E-state index >= 15 is 0 Å². The van der Waals surface area contributed by atoms with E-state index < -0.39 is 21.8 Å². The summed E-state index contributed by atoms with van der Waals surface area (Å²) in [6.07, 6.45) is 0. The highest BCUT2D eigenvalue weighted by atomic mass is 32.2. The highest BCUT2D eigenvalue weighted by Gasteiger charge is 2.20. The summed E-state index contributed by atoms with van der Waals surface area (Å²) in [7, 11) is -2.43. The molecule has 0 spiro atoms. The third-order valence-corrected chi connectivity index (χ3v) is 6.24. The van der Waals surface area contributed by atoms with Crippen LogP contribution in [0.4, 0.5) is 0 Å². The maximum Gasteiger partial charge on any atom is 0.270 e. The van der Waals surface area contributed by atoms with Crippen molar-refractivity contribution in [2.75, 3.05) is 7.05 Å². The highest BCUT2D eigenvalue weighted by Crippen LogP contribution is 2.29. The summed E-state index contributed by atoms with van der Waals surface area (Å²) in [5, 5.41) is 1.85. The number of nitrogens with one attached hydrogen (secondary N) is 3. The Morgan fingerprint density at radius 2 is 1.61 bits per heavy atom. The Hall–Kier alpha value is -3.01. The lowest BCUT2D eigenvalue weighted by Gasteiger charge is -2.12. The van der Waals surface area contributed by atoms with Crippen LogP contribution in [0, 0.1) is 0 Å². The molecule has 0 bridgehead atoms. The molecule has 0 saturated carbocycles. The van der Waals surface area contributed by atoms with Crippen molar-refractivity contribution in [3.63, 3.8) is 0 Å². The molecule has 3 rings (SSSR count). The number of amides is 2. The van der Waals surface area contributed by atoms with Crippen molar-refractivity contribution in [3.05, 3.63) is 77.2 Å². The minimum atomic E-state index is -3.73. The molecule has 3 aromatic rings. The number of hydrazine groups is 1. The van der Waals surface area contributed by atoms with Crippen molar-refractivity contribution in [1.82, 2.24) is 15.6 Å². The summed E-state index contributed by atoms with van der Waals surface area (Å²) in [6.45, 7) is 0. The molecular formula is C19H17N3O4S2. The molecule has 0 radical (unpaired) electrons. The van der Waals surface area contributed by atoms with Crippen molar-refractivity contribution >= 4 is 33.2 Å². The summed E-state index contributed by atoms with van der Waals surface area (Å²) < 4.78 is 26.5. The number of thiophene rings is 1. The molecule has 2 aromatic carbocycles. The van der Waals surface area contributed by atoms with Crippen molar-refractivity contribution in [2.45, 2.75) is 4.90 Å². The van der Waals surface area contributed by atoms with Gasteiger partial charge in [-0.15, -0.1) is 11.3 Å². The van der Waals surface area contributed by atoms with Crippen molar-refractivity contribution < 1.29 is 18.0 Å². The van der Waals surface area contributed by atoms with E-state index in [0.717, 1.165) is 4.88 Å². The topological polar surface area (TPSA) is 104 Å². The Balaban J connectivity index is 1.90. The predicted octanol–water partition coefficient (Wildman–Crippen LogP) is 2.40. The van der Waals surface area contributed by atoms with Gasteiger partial charge in [-0.1, -0.05) is 30.3 Å². The van der Waals surface area contributed by atoms with Crippen molar-refractivity contribution in [2.24, 2.45) is 0 Å². The van der Waals surface area contributed by atoms with Gasteiger partial charge in [0.1, 0.15) is 0 Å². The summed E-state index contributed by atoms with van der Waals surface area (Å²) >= 11 is 1.42. The van der Waals surface area contributed by atoms with Gasteiger partial charge in [-0.25, -0.2) is 13.1 Å². The quantitative estimate of drug-likeness (QED) is 0.557. The van der Waals surface area contributed by atoms with E-state index in [1.807, 2.05) is 17.5 Å². The van der Waals surface area contributed by atoms with Gasteiger partial charge in [0.05, 0.1) is 10.5 Å². The monoisotopic (exact) mass is 415 g/mol. The summed E-state index contributed by atoms with van der Waals surface area (Å²) in [5.41, 5.74) is 5.77. The molecule has 1 heterocycles. The van der Waals surface area contributed by atoms with Gasteiger partial charge >= 0.3 is 0 Å². The SMILES string of the molecule is CNS(=O)(=O)c1ccc(-c2cccs2)c(C(=O)NNC(=O)c2ccccc2)c1. The first kappa shape index (κ1) is 19.7. The molecule has 9 heteroatoms. The van der Waals surface area contributed by atoms with E-state index in [0.29, 0.717) is 11.1 Å². The normalized spacial score (nSPS) is 11.0. The summed E-state index contributed by atoms with van der Waals surface area (Å²) in [6, 6.07) is 16.3. The molecule has 0 aliphatic rings. The molecule has 0 aliphatic carbocycles. The number of hydrogen-bond acceptors (Lipinski definition) is 5. The predicted molar refractivity (Wildman–Crippen MR) is 107 cm³/mol. The fraction of sp³-hybridized carbons (Fsp3) is 0.0526. The van der Waals surface area contributed by atoms with Crippen LogP contribution in [0.5, 0.6) is 0 Å². The minimum absolute atomic E-state index is 0.0464. The standard InChI is InChI=1S/C19H17N3O4S2/c1-20-28(25,26)14-9-10-15(17-8-5-11-27-17)16(12-14)19(24)22-21-18(23)13-6-3-2-4-7-13/h2-12,20H,1H3,(H,21,23)(H,22,24). The van der Waals surface area contributed by atoms with Crippen molar-refractivity contribution in [1.29, 1.82) is 0 Å². The van der Waals surface area contributed by atoms with Gasteiger partial charge in [0.2, 0.25) is 10.0 Å². The third-order valence-electron chi connectivity index (χ3n) is 3.93. The van der Waals surface area contributed by atoms with E-state index in [1.54, 1.807) is 36.4 Å². The summed E-state index contributed by atoms with van der Waals surface area (Å²) in [4.78, 5) is 25.6. The molecule has 0 aliphatic heterocycles.